The standard InChI is InChI=1S/C11H16N2OS/c1-3-5-12-7-11(14)13-9(2)10-4-6-15-8-10/h3-4,6,8-9,12H,1,5,7H2,2H3,(H,13,14). The van der Waals surface area contributed by atoms with Gasteiger partial charge in [-0.2, -0.15) is 11.3 Å². The minimum Gasteiger partial charge on any atom is -0.348 e. The molecule has 1 amide bonds. The molecule has 0 aliphatic carbocycles. The van der Waals surface area contributed by atoms with E-state index in [0.717, 1.165) is 5.56 Å². The molecule has 0 radical (unpaired) electrons. The topological polar surface area (TPSA) is 41.1 Å². The van der Waals surface area contributed by atoms with Gasteiger partial charge in [-0.15, -0.1) is 6.58 Å². The molecule has 1 atom stereocenters. The predicted octanol–water partition coefficient (Wildman–Crippen LogP) is 1.70. The lowest BCUT2D eigenvalue weighted by molar-refractivity contribution is -0.120. The van der Waals surface area contributed by atoms with E-state index in [1.54, 1.807) is 17.4 Å². The average Bonchev–Trinajstić information content (AvgIpc) is 2.70. The maximum absolute atomic E-state index is 11.4. The molecule has 3 nitrogen and oxygen atoms in total. The molecule has 4 heteroatoms. The van der Waals surface area contributed by atoms with Gasteiger partial charge in [0.05, 0.1) is 12.6 Å². The quantitative estimate of drug-likeness (QED) is 0.570. The lowest BCUT2D eigenvalue weighted by atomic mass is 10.2. The number of thiophene rings is 1. The number of carbonyl (C=O) groups is 1. The van der Waals surface area contributed by atoms with Crippen molar-refractivity contribution >= 4 is 17.2 Å². The van der Waals surface area contributed by atoms with Gasteiger partial charge in [-0.25, -0.2) is 0 Å². The summed E-state index contributed by atoms with van der Waals surface area (Å²) in [5.41, 5.74) is 1.15. The van der Waals surface area contributed by atoms with E-state index in [1.807, 2.05) is 23.8 Å². The molecule has 0 spiro atoms. The minimum atomic E-state index is 0.00977. The maximum atomic E-state index is 11.4. The van der Waals surface area contributed by atoms with Crippen molar-refractivity contribution < 1.29 is 4.79 Å². The zero-order valence-corrected chi connectivity index (χ0v) is 9.64. The molecule has 0 fully saturated rings. The SMILES string of the molecule is C=CCNCC(=O)NC(C)c1ccsc1. The largest absolute Gasteiger partial charge is 0.348 e. The summed E-state index contributed by atoms with van der Waals surface area (Å²) in [4.78, 5) is 11.4. The maximum Gasteiger partial charge on any atom is 0.234 e. The van der Waals surface area contributed by atoms with Gasteiger partial charge in [-0.3, -0.25) is 4.79 Å². The first-order valence-corrected chi connectivity index (χ1v) is 5.81. The number of hydrogen-bond donors (Lipinski definition) is 2. The van der Waals surface area contributed by atoms with Gasteiger partial charge in [0.1, 0.15) is 0 Å². The molecule has 1 heterocycles. The van der Waals surface area contributed by atoms with E-state index in [4.69, 9.17) is 0 Å². The third-order valence-electron chi connectivity index (χ3n) is 1.99. The van der Waals surface area contributed by atoms with E-state index in [1.165, 1.54) is 0 Å². The second kappa shape index (κ2) is 6.37. The summed E-state index contributed by atoms with van der Waals surface area (Å²) in [6.45, 7) is 6.53. The van der Waals surface area contributed by atoms with Crippen molar-refractivity contribution in [3.63, 3.8) is 0 Å². The predicted molar refractivity (Wildman–Crippen MR) is 63.9 cm³/mol. The molecule has 0 bridgehead atoms. The van der Waals surface area contributed by atoms with E-state index >= 15 is 0 Å². The van der Waals surface area contributed by atoms with Gasteiger partial charge in [-0.05, 0) is 29.3 Å². The molecule has 1 rings (SSSR count). The van der Waals surface area contributed by atoms with Crippen LogP contribution in [-0.4, -0.2) is 19.0 Å². The third-order valence-corrected chi connectivity index (χ3v) is 2.70. The molecule has 15 heavy (non-hydrogen) atoms. The van der Waals surface area contributed by atoms with Gasteiger partial charge in [-0.1, -0.05) is 6.08 Å². The van der Waals surface area contributed by atoms with Gasteiger partial charge >= 0.3 is 0 Å². The summed E-state index contributed by atoms with van der Waals surface area (Å²) < 4.78 is 0. The summed E-state index contributed by atoms with van der Waals surface area (Å²) >= 11 is 1.64. The van der Waals surface area contributed by atoms with E-state index in [2.05, 4.69) is 17.2 Å². The van der Waals surface area contributed by atoms with Crippen LogP contribution in [0.3, 0.4) is 0 Å². The molecular formula is C11H16N2OS. The van der Waals surface area contributed by atoms with E-state index in [9.17, 15) is 4.79 Å². The first-order valence-electron chi connectivity index (χ1n) is 4.87. The molecule has 0 saturated carbocycles. The van der Waals surface area contributed by atoms with Crippen LogP contribution in [0.25, 0.3) is 0 Å². The average molecular weight is 224 g/mol. The van der Waals surface area contributed by atoms with Crippen LogP contribution in [-0.2, 0) is 4.79 Å². The lowest BCUT2D eigenvalue weighted by Crippen LogP contribution is -2.35. The highest BCUT2D eigenvalue weighted by molar-refractivity contribution is 7.07. The Morgan fingerprint density at radius 1 is 1.73 bits per heavy atom. The summed E-state index contributed by atoms with van der Waals surface area (Å²) in [5.74, 6) is 0.00977. The van der Waals surface area contributed by atoms with Crippen LogP contribution in [0.4, 0.5) is 0 Å². The van der Waals surface area contributed by atoms with Crippen LogP contribution < -0.4 is 10.6 Å². The van der Waals surface area contributed by atoms with Gasteiger partial charge in [0, 0.05) is 6.54 Å². The van der Waals surface area contributed by atoms with Crippen LogP contribution >= 0.6 is 11.3 Å². The number of rotatable bonds is 6. The summed E-state index contributed by atoms with van der Waals surface area (Å²) in [7, 11) is 0. The molecule has 1 aromatic rings. The minimum absolute atomic E-state index is 0.00977. The van der Waals surface area contributed by atoms with Crippen molar-refractivity contribution in [3.05, 3.63) is 35.0 Å². The van der Waals surface area contributed by atoms with Gasteiger partial charge < -0.3 is 10.6 Å². The van der Waals surface area contributed by atoms with Crippen LogP contribution in [0.5, 0.6) is 0 Å². The Bertz CT molecular complexity index is 308. The Balaban J connectivity index is 2.28. The fourth-order valence-electron chi connectivity index (χ4n) is 1.18. The second-order valence-electron chi connectivity index (χ2n) is 3.27. The van der Waals surface area contributed by atoms with E-state index in [-0.39, 0.29) is 11.9 Å². The van der Waals surface area contributed by atoms with Crippen LogP contribution in [0, 0.1) is 0 Å². The number of amides is 1. The molecule has 1 unspecified atom stereocenters. The normalized spacial score (nSPS) is 12.1. The summed E-state index contributed by atoms with van der Waals surface area (Å²) in [6, 6.07) is 2.10. The Labute approximate surface area is 94.2 Å². The zero-order chi connectivity index (χ0) is 11.1. The van der Waals surface area contributed by atoms with Crippen molar-refractivity contribution in [1.29, 1.82) is 0 Å². The van der Waals surface area contributed by atoms with Gasteiger partial charge in [0.2, 0.25) is 5.91 Å². The first kappa shape index (κ1) is 11.9. The number of carbonyl (C=O) groups excluding carboxylic acids is 1. The molecule has 2 N–H and O–H groups in total. The zero-order valence-electron chi connectivity index (χ0n) is 8.82. The molecule has 0 aliphatic heterocycles. The Morgan fingerprint density at radius 3 is 3.13 bits per heavy atom. The molecule has 0 saturated heterocycles. The fraction of sp³-hybridized carbons (Fsp3) is 0.364. The molecule has 0 aromatic carbocycles. The van der Waals surface area contributed by atoms with Gasteiger partial charge in [0.25, 0.3) is 0 Å². The van der Waals surface area contributed by atoms with Crippen molar-refractivity contribution in [2.75, 3.05) is 13.1 Å². The monoisotopic (exact) mass is 224 g/mol. The molecular weight excluding hydrogens is 208 g/mol. The van der Waals surface area contributed by atoms with Crippen molar-refractivity contribution in [2.45, 2.75) is 13.0 Å². The van der Waals surface area contributed by atoms with Crippen molar-refractivity contribution in [3.8, 4) is 0 Å². The van der Waals surface area contributed by atoms with Crippen molar-refractivity contribution in [2.24, 2.45) is 0 Å². The highest BCUT2D eigenvalue weighted by atomic mass is 32.1. The Kier molecular flexibility index (Phi) is 5.07. The summed E-state index contributed by atoms with van der Waals surface area (Å²) in [6.07, 6.45) is 1.73. The van der Waals surface area contributed by atoms with Crippen LogP contribution in [0.1, 0.15) is 18.5 Å². The molecule has 1 aromatic heterocycles. The third kappa shape index (κ3) is 4.27. The van der Waals surface area contributed by atoms with E-state index < -0.39 is 0 Å². The van der Waals surface area contributed by atoms with E-state index in [0.29, 0.717) is 13.1 Å². The molecule has 82 valence electrons. The Hall–Kier alpha value is -1.13. The number of hydrogen-bond acceptors (Lipinski definition) is 3. The highest BCUT2D eigenvalue weighted by Crippen LogP contribution is 2.14. The Morgan fingerprint density at radius 2 is 2.53 bits per heavy atom. The second-order valence-corrected chi connectivity index (χ2v) is 4.05. The smallest absolute Gasteiger partial charge is 0.234 e. The highest BCUT2D eigenvalue weighted by Gasteiger charge is 2.08. The lowest BCUT2D eigenvalue weighted by Gasteiger charge is -2.12. The fourth-order valence-corrected chi connectivity index (χ4v) is 1.94. The summed E-state index contributed by atoms with van der Waals surface area (Å²) in [5, 5.41) is 9.92. The van der Waals surface area contributed by atoms with Crippen LogP contribution in [0.15, 0.2) is 29.5 Å². The van der Waals surface area contributed by atoms with Gasteiger partial charge in [0.15, 0.2) is 0 Å². The molecule has 0 aliphatic rings. The number of nitrogens with one attached hydrogen (secondary N) is 2. The van der Waals surface area contributed by atoms with Crippen LogP contribution in [0.2, 0.25) is 0 Å². The first-order chi connectivity index (χ1) is 7.24. The van der Waals surface area contributed by atoms with Crippen molar-refractivity contribution in [1.82, 2.24) is 10.6 Å².